The van der Waals surface area contributed by atoms with Gasteiger partial charge in [0.05, 0.1) is 7.11 Å². The van der Waals surface area contributed by atoms with Gasteiger partial charge in [-0.2, -0.15) is 0 Å². The van der Waals surface area contributed by atoms with Crippen molar-refractivity contribution in [2.24, 2.45) is 17.3 Å². The third kappa shape index (κ3) is 3.29. The van der Waals surface area contributed by atoms with Crippen molar-refractivity contribution in [1.29, 1.82) is 0 Å². The minimum Gasteiger partial charge on any atom is -0.469 e. The first-order valence-corrected chi connectivity index (χ1v) is 7.78. The molecular weight excluding hydrogens is 260 g/mol. The number of carbonyl (C=O) groups excluding carboxylic acids is 1. The van der Waals surface area contributed by atoms with E-state index in [1.165, 1.54) is 38.4 Å². The Labute approximate surface area is 126 Å². The molecule has 0 amide bonds. The molecule has 0 unspecified atom stereocenters. The van der Waals surface area contributed by atoms with Gasteiger partial charge in [-0.15, -0.1) is 0 Å². The summed E-state index contributed by atoms with van der Waals surface area (Å²) in [6, 6.07) is 10.4. The quantitative estimate of drug-likeness (QED) is 0.625. The third-order valence-electron chi connectivity index (χ3n) is 4.93. The summed E-state index contributed by atoms with van der Waals surface area (Å²) in [6.45, 7) is 0. The summed E-state index contributed by atoms with van der Waals surface area (Å²) in [7, 11) is 1.47. The second-order valence-corrected chi connectivity index (χ2v) is 6.64. The maximum atomic E-state index is 11.2. The van der Waals surface area contributed by atoms with Gasteiger partial charge in [0.2, 0.25) is 0 Å². The Morgan fingerprint density at radius 2 is 1.95 bits per heavy atom. The number of benzene rings is 1. The molecule has 0 aromatic heterocycles. The third-order valence-corrected chi connectivity index (χ3v) is 4.93. The van der Waals surface area contributed by atoms with Crippen molar-refractivity contribution in [2.75, 3.05) is 7.11 Å². The van der Waals surface area contributed by atoms with Crippen LogP contribution in [0.25, 0.3) is 0 Å². The van der Waals surface area contributed by atoms with E-state index >= 15 is 0 Å². The van der Waals surface area contributed by atoms with Gasteiger partial charge in [-0.1, -0.05) is 42.2 Å². The van der Waals surface area contributed by atoms with Crippen molar-refractivity contribution in [1.82, 2.24) is 0 Å². The predicted octanol–water partition coefficient (Wildman–Crippen LogP) is 3.60. The van der Waals surface area contributed by atoms with Crippen LogP contribution in [0.15, 0.2) is 30.3 Å². The number of esters is 1. The molecule has 1 aromatic carbocycles. The molecule has 0 bridgehead atoms. The van der Waals surface area contributed by atoms with Crippen LogP contribution < -0.4 is 0 Å². The summed E-state index contributed by atoms with van der Waals surface area (Å²) < 4.78 is 4.73. The van der Waals surface area contributed by atoms with Gasteiger partial charge in [0.15, 0.2) is 0 Å². The van der Waals surface area contributed by atoms with E-state index in [1.54, 1.807) is 0 Å². The number of carbonyl (C=O) groups is 1. The van der Waals surface area contributed by atoms with Gasteiger partial charge in [-0.3, -0.25) is 4.79 Å². The van der Waals surface area contributed by atoms with Crippen LogP contribution >= 0.6 is 0 Å². The molecule has 2 fully saturated rings. The zero-order valence-electron chi connectivity index (χ0n) is 12.6. The van der Waals surface area contributed by atoms with Gasteiger partial charge in [0.1, 0.15) is 0 Å². The van der Waals surface area contributed by atoms with Crippen molar-refractivity contribution < 1.29 is 9.53 Å². The van der Waals surface area contributed by atoms with Crippen molar-refractivity contribution in [3.05, 3.63) is 35.9 Å². The highest BCUT2D eigenvalue weighted by Crippen LogP contribution is 2.61. The highest BCUT2D eigenvalue weighted by molar-refractivity contribution is 5.69. The van der Waals surface area contributed by atoms with Gasteiger partial charge >= 0.3 is 5.97 Å². The van der Waals surface area contributed by atoms with E-state index in [0.717, 1.165) is 6.42 Å². The molecule has 2 aliphatic rings. The van der Waals surface area contributed by atoms with Gasteiger partial charge < -0.3 is 4.74 Å². The fourth-order valence-electron chi connectivity index (χ4n) is 3.94. The Kier molecular flexibility index (Phi) is 4.01. The lowest BCUT2D eigenvalue weighted by Crippen LogP contribution is -2.47. The van der Waals surface area contributed by atoms with E-state index < -0.39 is 0 Å². The first-order chi connectivity index (χ1) is 10.2. The molecule has 0 radical (unpaired) electrons. The minimum absolute atomic E-state index is 0.0617. The maximum absolute atomic E-state index is 11.2. The van der Waals surface area contributed by atoms with Crippen LogP contribution in [0.2, 0.25) is 0 Å². The molecule has 0 aliphatic heterocycles. The monoisotopic (exact) mass is 282 g/mol. The van der Waals surface area contributed by atoms with Crippen LogP contribution in [0.4, 0.5) is 0 Å². The Hall–Kier alpha value is -1.75. The summed E-state index contributed by atoms with van der Waals surface area (Å²) in [5.74, 6) is 7.80. The molecule has 0 saturated heterocycles. The van der Waals surface area contributed by atoms with Gasteiger partial charge in [-0.25, -0.2) is 0 Å². The average molecular weight is 282 g/mol. The summed E-state index contributed by atoms with van der Waals surface area (Å²) >= 11 is 0. The highest BCUT2D eigenvalue weighted by Gasteiger charge is 2.52. The highest BCUT2D eigenvalue weighted by atomic mass is 16.5. The van der Waals surface area contributed by atoms with E-state index in [4.69, 9.17) is 4.74 Å². The second kappa shape index (κ2) is 5.93. The zero-order valence-corrected chi connectivity index (χ0v) is 12.6. The van der Waals surface area contributed by atoms with Gasteiger partial charge in [-0.05, 0) is 42.6 Å². The van der Waals surface area contributed by atoms with Crippen LogP contribution in [0.1, 0.15) is 37.7 Å². The molecule has 2 heteroatoms. The van der Waals surface area contributed by atoms with E-state index in [0.29, 0.717) is 23.7 Å². The van der Waals surface area contributed by atoms with Crippen molar-refractivity contribution in [3.63, 3.8) is 0 Å². The van der Waals surface area contributed by atoms with Crippen molar-refractivity contribution in [2.45, 2.75) is 38.5 Å². The van der Waals surface area contributed by atoms with Gasteiger partial charge in [0.25, 0.3) is 0 Å². The van der Waals surface area contributed by atoms with Crippen LogP contribution in [-0.4, -0.2) is 13.1 Å². The van der Waals surface area contributed by atoms with Crippen LogP contribution in [-0.2, 0) is 16.0 Å². The first kappa shape index (κ1) is 14.2. The molecule has 1 spiro atoms. The van der Waals surface area contributed by atoms with E-state index in [9.17, 15) is 4.79 Å². The lowest BCUT2D eigenvalue weighted by molar-refractivity contribution is -0.145. The molecule has 2 saturated carbocycles. The van der Waals surface area contributed by atoms with Crippen LogP contribution in [0, 0.1) is 29.1 Å². The molecule has 2 aliphatic carbocycles. The molecule has 2 nitrogen and oxygen atoms in total. The van der Waals surface area contributed by atoms with E-state index in [-0.39, 0.29) is 5.97 Å². The maximum Gasteiger partial charge on any atom is 0.305 e. The molecule has 0 atom stereocenters. The van der Waals surface area contributed by atoms with E-state index in [2.05, 4.69) is 36.1 Å². The predicted molar refractivity (Wildman–Crippen MR) is 82.4 cm³/mol. The van der Waals surface area contributed by atoms with Crippen molar-refractivity contribution in [3.8, 4) is 11.8 Å². The Balaban J connectivity index is 1.39. The molecule has 3 rings (SSSR count). The molecular formula is C19H22O2. The van der Waals surface area contributed by atoms with Crippen LogP contribution in [0.3, 0.4) is 0 Å². The lowest BCUT2D eigenvalue weighted by atomic mass is 9.48. The average Bonchev–Trinajstić information content (AvgIpc) is 2.43. The smallest absolute Gasteiger partial charge is 0.305 e. The molecule has 110 valence electrons. The standard InChI is InChI=1S/C19H22O2/c1-21-18(20)10-17-13-19(14-17)11-16(12-19)9-5-8-15-6-3-2-4-7-15/h2-4,6-7,16-17H,8,10-14H2,1H3. The fourth-order valence-corrected chi connectivity index (χ4v) is 3.94. The largest absolute Gasteiger partial charge is 0.469 e. The van der Waals surface area contributed by atoms with Crippen LogP contribution in [0.5, 0.6) is 0 Å². The van der Waals surface area contributed by atoms with Crippen molar-refractivity contribution >= 4 is 5.97 Å². The topological polar surface area (TPSA) is 26.3 Å². The number of methoxy groups -OCH3 is 1. The zero-order chi connectivity index (χ0) is 14.7. The normalized spacial score (nSPS) is 29.8. The Bertz CT molecular complexity index is 550. The number of hydrogen-bond acceptors (Lipinski definition) is 2. The fraction of sp³-hybridized carbons (Fsp3) is 0.526. The number of hydrogen-bond donors (Lipinski definition) is 0. The summed E-state index contributed by atoms with van der Waals surface area (Å²) in [5, 5.41) is 0. The Morgan fingerprint density at radius 1 is 1.24 bits per heavy atom. The van der Waals surface area contributed by atoms with E-state index in [1.807, 2.05) is 6.07 Å². The minimum atomic E-state index is -0.0617. The summed E-state index contributed by atoms with van der Waals surface area (Å²) in [4.78, 5) is 11.2. The molecule has 1 aromatic rings. The SMILES string of the molecule is COC(=O)CC1CC2(CC(C#CCc3ccccc3)C2)C1. The van der Waals surface area contributed by atoms with Gasteiger partial charge in [0, 0.05) is 18.8 Å². The molecule has 0 N–H and O–H groups in total. The Morgan fingerprint density at radius 3 is 2.62 bits per heavy atom. The number of rotatable bonds is 3. The lowest BCUT2D eigenvalue weighted by Gasteiger charge is -2.56. The number of ether oxygens (including phenoxy) is 1. The molecule has 21 heavy (non-hydrogen) atoms. The first-order valence-electron chi connectivity index (χ1n) is 7.78. The second-order valence-electron chi connectivity index (χ2n) is 6.64. The summed E-state index contributed by atoms with van der Waals surface area (Å²) in [6.07, 6.45) is 6.30. The molecule has 0 heterocycles. The summed E-state index contributed by atoms with van der Waals surface area (Å²) in [5.41, 5.74) is 1.81.